The van der Waals surface area contributed by atoms with Crippen molar-refractivity contribution in [1.82, 2.24) is 15.1 Å². The van der Waals surface area contributed by atoms with Gasteiger partial charge in [-0.1, -0.05) is 47.2 Å². The molecular weight excluding hydrogens is 420 g/mol. The van der Waals surface area contributed by atoms with E-state index >= 15 is 0 Å². The lowest BCUT2D eigenvalue weighted by molar-refractivity contribution is 0.0706. The minimum Gasteiger partial charge on any atom is -0.338 e. The number of piperidine rings is 1. The van der Waals surface area contributed by atoms with Gasteiger partial charge in [-0.25, -0.2) is 0 Å². The number of carbonyl (C=O) groups excluding carboxylic acids is 2. The van der Waals surface area contributed by atoms with Crippen LogP contribution >= 0.6 is 22.9 Å². The van der Waals surface area contributed by atoms with Crippen molar-refractivity contribution in [3.63, 3.8) is 0 Å². The fourth-order valence-electron chi connectivity index (χ4n) is 3.59. The zero-order chi connectivity index (χ0) is 21.1. The second-order valence-corrected chi connectivity index (χ2v) is 8.76. The van der Waals surface area contributed by atoms with Crippen LogP contribution in [0.3, 0.4) is 0 Å². The molecule has 1 aliphatic rings. The van der Waals surface area contributed by atoms with Gasteiger partial charge in [0.1, 0.15) is 5.01 Å². The predicted molar refractivity (Wildman–Crippen MR) is 118 cm³/mol. The van der Waals surface area contributed by atoms with Gasteiger partial charge in [0.05, 0.1) is 0 Å². The normalized spacial score (nSPS) is 16.3. The van der Waals surface area contributed by atoms with Crippen molar-refractivity contribution >= 4 is 40.4 Å². The molecule has 1 N–H and O–H groups in total. The molecule has 1 fully saturated rings. The fourth-order valence-corrected chi connectivity index (χ4v) is 4.64. The van der Waals surface area contributed by atoms with Gasteiger partial charge in [0, 0.05) is 35.3 Å². The lowest BCUT2D eigenvalue weighted by Gasteiger charge is -2.32. The third kappa shape index (κ3) is 4.52. The van der Waals surface area contributed by atoms with Crippen molar-refractivity contribution in [2.24, 2.45) is 0 Å². The molecule has 1 atom stereocenters. The summed E-state index contributed by atoms with van der Waals surface area (Å²) in [6.07, 6.45) is 1.81. The SMILES string of the molecule is Cc1ccccc1C(=O)N1CCCC(c2nnc(C(=O)Nc3cccc(Cl)c3)s2)C1. The molecule has 0 bridgehead atoms. The summed E-state index contributed by atoms with van der Waals surface area (Å²) >= 11 is 7.24. The monoisotopic (exact) mass is 440 g/mol. The van der Waals surface area contributed by atoms with E-state index in [-0.39, 0.29) is 17.7 Å². The molecule has 2 heterocycles. The van der Waals surface area contributed by atoms with E-state index in [1.54, 1.807) is 24.3 Å². The number of anilines is 1. The van der Waals surface area contributed by atoms with Crippen molar-refractivity contribution in [1.29, 1.82) is 0 Å². The highest BCUT2D eigenvalue weighted by atomic mass is 35.5. The maximum Gasteiger partial charge on any atom is 0.286 e. The van der Waals surface area contributed by atoms with Gasteiger partial charge in [-0.15, -0.1) is 10.2 Å². The predicted octanol–water partition coefficient (Wildman–Crippen LogP) is 4.77. The highest BCUT2D eigenvalue weighted by Gasteiger charge is 2.29. The quantitative estimate of drug-likeness (QED) is 0.633. The second-order valence-electron chi connectivity index (χ2n) is 7.32. The molecule has 30 heavy (non-hydrogen) atoms. The molecule has 1 saturated heterocycles. The number of aromatic nitrogens is 2. The molecule has 0 radical (unpaired) electrons. The van der Waals surface area contributed by atoms with Crippen LogP contribution in [0.25, 0.3) is 0 Å². The first-order valence-electron chi connectivity index (χ1n) is 9.76. The first-order valence-corrected chi connectivity index (χ1v) is 11.0. The van der Waals surface area contributed by atoms with E-state index in [1.807, 2.05) is 36.1 Å². The lowest BCUT2D eigenvalue weighted by Crippen LogP contribution is -2.39. The van der Waals surface area contributed by atoms with Gasteiger partial charge in [-0.2, -0.15) is 0 Å². The Kier molecular flexibility index (Phi) is 6.11. The summed E-state index contributed by atoms with van der Waals surface area (Å²) in [6, 6.07) is 14.6. The van der Waals surface area contributed by atoms with E-state index in [0.717, 1.165) is 35.5 Å². The summed E-state index contributed by atoms with van der Waals surface area (Å²) in [7, 11) is 0. The Labute approximate surface area is 183 Å². The summed E-state index contributed by atoms with van der Waals surface area (Å²) in [6.45, 7) is 3.26. The van der Waals surface area contributed by atoms with Crippen LogP contribution in [0.15, 0.2) is 48.5 Å². The third-order valence-electron chi connectivity index (χ3n) is 5.15. The van der Waals surface area contributed by atoms with Crippen LogP contribution in [-0.2, 0) is 0 Å². The molecule has 0 saturated carbocycles. The molecule has 4 rings (SSSR count). The summed E-state index contributed by atoms with van der Waals surface area (Å²) in [4.78, 5) is 27.3. The van der Waals surface area contributed by atoms with Crippen molar-refractivity contribution < 1.29 is 9.59 Å². The first kappa shape index (κ1) is 20.5. The first-order chi connectivity index (χ1) is 14.5. The Bertz CT molecular complexity index is 1080. The van der Waals surface area contributed by atoms with Gasteiger partial charge in [-0.05, 0) is 49.6 Å². The topological polar surface area (TPSA) is 75.2 Å². The van der Waals surface area contributed by atoms with E-state index < -0.39 is 0 Å². The molecule has 2 amide bonds. The largest absolute Gasteiger partial charge is 0.338 e. The van der Waals surface area contributed by atoms with Gasteiger partial charge in [0.15, 0.2) is 0 Å². The maximum atomic E-state index is 13.0. The van der Waals surface area contributed by atoms with Crippen LogP contribution in [0.5, 0.6) is 0 Å². The maximum absolute atomic E-state index is 13.0. The highest BCUT2D eigenvalue weighted by molar-refractivity contribution is 7.13. The van der Waals surface area contributed by atoms with E-state index in [1.165, 1.54) is 11.3 Å². The van der Waals surface area contributed by atoms with Crippen LogP contribution in [-0.4, -0.2) is 40.0 Å². The molecule has 0 spiro atoms. The lowest BCUT2D eigenvalue weighted by atomic mass is 9.97. The average molecular weight is 441 g/mol. The second kappa shape index (κ2) is 8.93. The van der Waals surface area contributed by atoms with E-state index in [4.69, 9.17) is 11.6 Å². The molecule has 6 nitrogen and oxygen atoms in total. The minimum atomic E-state index is -0.315. The van der Waals surface area contributed by atoms with Crippen LogP contribution < -0.4 is 5.32 Å². The molecule has 1 aromatic heterocycles. The van der Waals surface area contributed by atoms with Crippen molar-refractivity contribution in [2.75, 3.05) is 18.4 Å². The number of rotatable bonds is 4. The Hall–Kier alpha value is -2.77. The summed E-state index contributed by atoms with van der Waals surface area (Å²) in [5.74, 6) is -0.192. The Morgan fingerprint density at radius 2 is 2.00 bits per heavy atom. The number of benzene rings is 2. The number of aryl methyl sites for hydroxylation is 1. The minimum absolute atomic E-state index is 0.0428. The molecule has 8 heteroatoms. The van der Waals surface area contributed by atoms with E-state index in [9.17, 15) is 9.59 Å². The molecule has 1 unspecified atom stereocenters. The van der Waals surface area contributed by atoms with Crippen LogP contribution in [0, 0.1) is 6.92 Å². The summed E-state index contributed by atoms with van der Waals surface area (Å²) in [5, 5.41) is 12.7. The van der Waals surface area contributed by atoms with Gasteiger partial charge >= 0.3 is 0 Å². The number of hydrogen-bond acceptors (Lipinski definition) is 5. The molecule has 1 aliphatic heterocycles. The van der Waals surface area contributed by atoms with Gasteiger partial charge in [-0.3, -0.25) is 9.59 Å². The number of nitrogens with one attached hydrogen (secondary N) is 1. The zero-order valence-electron chi connectivity index (χ0n) is 16.5. The van der Waals surface area contributed by atoms with E-state index in [0.29, 0.717) is 22.3 Å². The van der Waals surface area contributed by atoms with Crippen molar-refractivity contribution in [3.8, 4) is 0 Å². The van der Waals surface area contributed by atoms with Gasteiger partial charge in [0.2, 0.25) is 5.01 Å². The Morgan fingerprint density at radius 1 is 1.17 bits per heavy atom. The number of halogens is 1. The van der Waals surface area contributed by atoms with Crippen LogP contribution in [0.1, 0.15) is 49.5 Å². The molecule has 2 aromatic carbocycles. The Balaban J connectivity index is 1.44. The summed E-state index contributed by atoms with van der Waals surface area (Å²) in [5.41, 5.74) is 2.31. The molecule has 154 valence electrons. The van der Waals surface area contributed by atoms with Crippen LogP contribution in [0.4, 0.5) is 5.69 Å². The summed E-state index contributed by atoms with van der Waals surface area (Å²) < 4.78 is 0. The smallest absolute Gasteiger partial charge is 0.286 e. The van der Waals surface area contributed by atoms with Crippen molar-refractivity contribution in [2.45, 2.75) is 25.7 Å². The Morgan fingerprint density at radius 3 is 2.80 bits per heavy atom. The molecule has 0 aliphatic carbocycles. The average Bonchev–Trinajstić information content (AvgIpc) is 3.24. The number of carbonyl (C=O) groups is 2. The standard InChI is InChI=1S/C22H21ClN4O2S/c1-14-6-2-3-10-18(14)22(29)27-11-5-7-15(13-27)20-25-26-21(30-20)19(28)24-17-9-4-8-16(23)12-17/h2-4,6,8-10,12,15H,5,7,11,13H2,1H3,(H,24,28). The van der Waals surface area contributed by atoms with Gasteiger partial charge in [0.25, 0.3) is 11.8 Å². The third-order valence-corrected chi connectivity index (χ3v) is 6.47. The van der Waals surface area contributed by atoms with Crippen LogP contribution in [0.2, 0.25) is 5.02 Å². The number of amides is 2. The number of nitrogens with zero attached hydrogens (tertiary/aromatic N) is 3. The number of likely N-dealkylation sites (tertiary alicyclic amines) is 1. The molecular formula is C22H21ClN4O2S. The molecule has 3 aromatic rings. The van der Waals surface area contributed by atoms with E-state index in [2.05, 4.69) is 15.5 Å². The zero-order valence-corrected chi connectivity index (χ0v) is 18.0. The van der Waals surface area contributed by atoms with Gasteiger partial charge < -0.3 is 10.2 Å². The highest BCUT2D eigenvalue weighted by Crippen LogP contribution is 2.30. The van der Waals surface area contributed by atoms with Crippen molar-refractivity contribution in [3.05, 3.63) is 74.7 Å². The number of hydrogen-bond donors (Lipinski definition) is 1. The fraction of sp³-hybridized carbons (Fsp3) is 0.273.